The highest BCUT2D eigenvalue weighted by Crippen LogP contribution is 2.24. The minimum Gasteiger partial charge on any atom is -0.461 e. The van der Waals surface area contributed by atoms with Crippen LogP contribution in [0.15, 0.2) is 17.1 Å². The van der Waals surface area contributed by atoms with Gasteiger partial charge in [0.1, 0.15) is 12.1 Å². The van der Waals surface area contributed by atoms with Crippen molar-refractivity contribution < 1.29 is 14.5 Å². The number of pyridine rings is 1. The first-order valence-electron chi connectivity index (χ1n) is 8.01. The van der Waals surface area contributed by atoms with E-state index < -0.39 is 22.5 Å². The third-order valence-electron chi connectivity index (χ3n) is 4.29. The maximum atomic E-state index is 12.4. The van der Waals surface area contributed by atoms with E-state index in [1.807, 2.05) is 0 Å². The number of nitro groups is 1. The van der Waals surface area contributed by atoms with E-state index in [9.17, 15) is 19.7 Å². The lowest BCUT2D eigenvalue weighted by Crippen LogP contribution is -2.33. The molecule has 1 fully saturated rings. The standard InChI is InChI=1S/C16H22N2O5/c1-3-13(16(20)23-12-7-5-4-6-8-12)17-10-14(18(21)22)11(2)9-15(17)19/h9-10,12-13H,3-8H2,1-2H3. The molecule has 1 saturated carbocycles. The summed E-state index contributed by atoms with van der Waals surface area (Å²) in [7, 11) is 0. The molecule has 126 valence electrons. The predicted molar refractivity (Wildman–Crippen MR) is 84.4 cm³/mol. The van der Waals surface area contributed by atoms with Crippen LogP contribution in [0.25, 0.3) is 0 Å². The van der Waals surface area contributed by atoms with Crippen LogP contribution in [0.4, 0.5) is 5.69 Å². The van der Waals surface area contributed by atoms with Gasteiger partial charge in [0.15, 0.2) is 0 Å². The minimum atomic E-state index is -0.830. The maximum Gasteiger partial charge on any atom is 0.329 e. The van der Waals surface area contributed by atoms with E-state index in [1.54, 1.807) is 6.92 Å². The van der Waals surface area contributed by atoms with Crippen LogP contribution in [0, 0.1) is 17.0 Å². The van der Waals surface area contributed by atoms with Crippen LogP contribution in [-0.4, -0.2) is 21.6 Å². The van der Waals surface area contributed by atoms with Crippen molar-refractivity contribution in [1.29, 1.82) is 0 Å². The Morgan fingerprint density at radius 3 is 2.65 bits per heavy atom. The monoisotopic (exact) mass is 322 g/mol. The summed E-state index contributed by atoms with van der Waals surface area (Å²) in [5.41, 5.74) is -0.319. The molecule has 0 aromatic carbocycles. The predicted octanol–water partition coefficient (Wildman–Crippen LogP) is 2.89. The van der Waals surface area contributed by atoms with Crippen molar-refractivity contribution >= 4 is 11.7 Å². The summed E-state index contributed by atoms with van der Waals surface area (Å²) in [6.45, 7) is 3.26. The van der Waals surface area contributed by atoms with Gasteiger partial charge in [-0.3, -0.25) is 19.5 Å². The number of aryl methyl sites for hydroxylation is 1. The number of carbonyl (C=O) groups is 1. The molecule has 1 aliphatic rings. The Balaban J connectivity index is 2.25. The van der Waals surface area contributed by atoms with Gasteiger partial charge in [0.05, 0.1) is 11.1 Å². The van der Waals surface area contributed by atoms with E-state index in [0.717, 1.165) is 42.9 Å². The van der Waals surface area contributed by atoms with E-state index in [-0.39, 0.29) is 17.4 Å². The van der Waals surface area contributed by atoms with Gasteiger partial charge in [-0.2, -0.15) is 0 Å². The molecule has 1 unspecified atom stereocenters. The summed E-state index contributed by atoms with van der Waals surface area (Å²) in [6, 6.07) is 0.359. The summed E-state index contributed by atoms with van der Waals surface area (Å²) >= 11 is 0. The molecule has 1 aliphatic carbocycles. The fourth-order valence-corrected chi connectivity index (χ4v) is 2.97. The van der Waals surface area contributed by atoms with E-state index in [0.29, 0.717) is 6.42 Å². The molecule has 0 amide bonds. The van der Waals surface area contributed by atoms with Crippen LogP contribution in [0.1, 0.15) is 57.1 Å². The molecule has 23 heavy (non-hydrogen) atoms. The molecule has 0 N–H and O–H groups in total. The lowest BCUT2D eigenvalue weighted by Gasteiger charge is -2.25. The van der Waals surface area contributed by atoms with Gasteiger partial charge in [-0.25, -0.2) is 4.79 Å². The Bertz CT molecular complexity index is 646. The highest BCUT2D eigenvalue weighted by atomic mass is 16.6. The van der Waals surface area contributed by atoms with Gasteiger partial charge in [-0.1, -0.05) is 13.3 Å². The van der Waals surface area contributed by atoms with Crippen LogP contribution in [0.2, 0.25) is 0 Å². The van der Waals surface area contributed by atoms with Crippen molar-refractivity contribution in [3.8, 4) is 0 Å². The Hall–Kier alpha value is -2.18. The first kappa shape index (κ1) is 17.2. The van der Waals surface area contributed by atoms with Crippen molar-refractivity contribution in [2.45, 2.75) is 64.5 Å². The summed E-state index contributed by atoms with van der Waals surface area (Å²) in [6.07, 6.45) is 6.27. The lowest BCUT2D eigenvalue weighted by atomic mass is 9.98. The molecule has 0 aliphatic heterocycles. The molecule has 0 spiro atoms. The fraction of sp³-hybridized carbons (Fsp3) is 0.625. The number of hydrogen-bond donors (Lipinski definition) is 0. The van der Waals surface area contributed by atoms with Gasteiger partial charge < -0.3 is 4.74 Å². The second kappa shape index (κ2) is 7.39. The van der Waals surface area contributed by atoms with Crippen LogP contribution < -0.4 is 5.56 Å². The molecule has 0 radical (unpaired) electrons. The molecule has 7 heteroatoms. The summed E-state index contributed by atoms with van der Waals surface area (Å²) < 4.78 is 6.64. The van der Waals surface area contributed by atoms with Crippen molar-refractivity contribution in [3.05, 3.63) is 38.3 Å². The Morgan fingerprint density at radius 2 is 2.09 bits per heavy atom. The average molecular weight is 322 g/mol. The van der Waals surface area contributed by atoms with Gasteiger partial charge in [-0.05, 0) is 39.0 Å². The largest absolute Gasteiger partial charge is 0.461 e. The zero-order valence-corrected chi connectivity index (χ0v) is 13.5. The van der Waals surface area contributed by atoms with E-state index in [1.165, 1.54) is 13.0 Å². The van der Waals surface area contributed by atoms with Gasteiger partial charge in [-0.15, -0.1) is 0 Å². The van der Waals surface area contributed by atoms with Crippen molar-refractivity contribution in [3.63, 3.8) is 0 Å². The third kappa shape index (κ3) is 3.97. The Labute approximate surface area is 134 Å². The fourth-order valence-electron chi connectivity index (χ4n) is 2.97. The first-order valence-corrected chi connectivity index (χ1v) is 8.01. The molecule has 0 saturated heterocycles. The minimum absolute atomic E-state index is 0.110. The summed E-state index contributed by atoms with van der Waals surface area (Å²) in [4.78, 5) is 35.1. The molecule has 1 aromatic rings. The second-order valence-corrected chi connectivity index (χ2v) is 5.97. The summed E-state index contributed by atoms with van der Waals surface area (Å²) in [5, 5.41) is 11.1. The first-order chi connectivity index (χ1) is 10.9. The van der Waals surface area contributed by atoms with Crippen LogP contribution in [0.5, 0.6) is 0 Å². The molecule has 2 rings (SSSR count). The van der Waals surface area contributed by atoms with Crippen molar-refractivity contribution in [2.24, 2.45) is 0 Å². The van der Waals surface area contributed by atoms with Gasteiger partial charge in [0.25, 0.3) is 11.2 Å². The molecule has 1 aromatic heterocycles. The highest BCUT2D eigenvalue weighted by Gasteiger charge is 2.27. The zero-order valence-electron chi connectivity index (χ0n) is 13.5. The lowest BCUT2D eigenvalue weighted by molar-refractivity contribution is -0.386. The number of esters is 1. The second-order valence-electron chi connectivity index (χ2n) is 5.97. The van der Waals surface area contributed by atoms with E-state index in [4.69, 9.17) is 4.74 Å². The molecule has 1 heterocycles. The average Bonchev–Trinajstić information content (AvgIpc) is 2.50. The molecular formula is C16H22N2O5. The Kier molecular flexibility index (Phi) is 5.52. The SMILES string of the molecule is CCC(C(=O)OC1CCCCC1)n1cc([N+](=O)[O-])c(C)cc1=O. The molecule has 1 atom stereocenters. The van der Waals surface area contributed by atoms with E-state index >= 15 is 0 Å². The molecule has 0 bridgehead atoms. The number of aromatic nitrogens is 1. The Morgan fingerprint density at radius 1 is 1.43 bits per heavy atom. The topological polar surface area (TPSA) is 91.4 Å². The number of carbonyl (C=O) groups excluding carboxylic acids is 1. The summed E-state index contributed by atoms with van der Waals surface area (Å²) in [5.74, 6) is -0.486. The van der Waals surface area contributed by atoms with Crippen molar-refractivity contribution in [1.82, 2.24) is 4.57 Å². The third-order valence-corrected chi connectivity index (χ3v) is 4.29. The number of hydrogen-bond acceptors (Lipinski definition) is 5. The quantitative estimate of drug-likeness (QED) is 0.472. The van der Waals surface area contributed by atoms with Crippen LogP contribution in [-0.2, 0) is 9.53 Å². The van der Waals surface area contributed by atoms with Gasteiger partial charge in [0.2, 0.25) is 0 Å². The van der Waals surface area contributed by atoms with E-state index in [2.05, 4.69) is 0 Å². The highest BCUT2D eigenvalue weighted by molar-refractivity contribution is 5.74. The molecule has 7 nitrogen and oxygen atoms in total. The number of rotatable bonds is 5. The van der Waals surface area contributed by atoms with Gasteiger partial charge >= 0.3 is 5.97 Å². The smallest absolute Gasteiger partial charge is 0.329 e. The zero-order chi connectivity index (χ0) is 17.0. The number of ether oxygens (including phenoxy) is 1. The normalized spacial score (nSPS) is 16.8. The maximum absolute atomic E-state index is 12.4. The number of nitrogens with zero attached hydrogens (tertiary/aromatic N) is 2. The van der Waals surface area contributed by atoms with Crippen LogP contribution >= 0.6 is 0 Å². The van der Waals surface area contributed by atoms with Crippen molar-refractivity contribution in [2.75, 3.05) is 0 Å². The van der Waals surface area contributed by atoms with Crippen LogP contribution in [0.3, 0.4) is 0 Å². The van der Waals surface area contributed by atoms with Gasteiger partial charge in [0, 0.05) is 11.6 Å². The molecular weight excluding hydrogens is 300 g/mol.